The Morgan fingerprint density at radius 2 is 1.74 bits per heavy atom. The van der Waals surface area contributed by atoms with Crippen molar-refractivity contribution in [2.24, 2.45) is 0 Å². The highest BCUT2D eigenvalue weighted by Gasteiger charge is 2.18. The first kappa shape index (κ1) is 19.1. The minimum absolute atomic E-state index is 0.0863. The normalized spacial score (nSPS) is 11.1. The summed E-state index contributed by atoms with van der Waals surface area (Å²) in [6.45, 7) is 0.443. The fourth-order valence-electron chi connectivity index (χ4n) is 2.44. The Balaban J connectivity index is 1.73. The number of carbonyl (C=O) groups is 1. The van der Waals surface area contributed by atoms with Gasteiger partial charge in [-0.1, -0.05) is 18.2 Å². The zero-order chi connectivity index (χ0) is 19.3. The lowest BCUT2D eigenvalue weighted by Crippen LogP contribution is -2.27. The van der Waals surface area contributed by atoms with Crippen LogP contribution < -0.4 is 10.0 Å². The number of thiophene rings is 1. The average molecular weight is 404 g/mol. The van der Waals surface area contributed by atoms with Gasteiger partial charge in [0.05, 0.1) is 16.1 Å². The maximum absolute atomic E-state index is 13.0. The van der Waals surface area contributed by atoms with Crippen molar-refractivity contribution in [2.75, 3.05) is 11.3 Å². The molecule has 1 aromatic heterocycles. The molecule has 0 aliphatic carbocycles. The summed E-state index contributed by atoms with van der Waals surface area (Å²) in [7, 11) is -3.94. The van der Waals surface area contributed by atoms with E-state index in [1.807, 2.05) is 17.5 Å². The summed E-state index contributed by atoms with van der Waals surface area (Å²) >= 11 is 1.61. The number of para-hydroxylation sites is 1. The van der Waals surface area contributed by atoms with Crippen LogP contribution in [0.4, 0.5) is 10.1 Å². The molecule has 27 heavy (non-hydrogen) atoms. The predicted octanol–water partition coefficient (Wildman–Crippen LogP) is 3.66. The van der Waals surface area contributed by atoms with Crippen molar-refractivity contribution < 1.29 is 17.6 Å². The third kappa shape index (κ3) is 4.93. The molecule has 0 saturated carbocycles. The highest BCUT2D eigenvalue weighted by molar-refractivity contribution is 7.92. The average Bonchev–Trinajstić information content (AvgIpc) is 3.15. The zero-order valence-electron chi connectivity index (χ0n) is 14.2. The number of nitrogens with one attached hydrogen (secondary N) is 2. The zero-order valence-corrected chi connectivity index (χ0v) is 15.8. The summed E-state index contributed by atoms with van der Waals surface area (Å²) in [4.78, 5) is 13.5. The summed E-state index contributed by atoms with van der Waals surface area (Å²) in [5.41, 5.74) is 0.379. The van der Waals surface area contributed by atoms with Crippen LogP contribution in [0.2, 0.25) is 0 Å². The van der Waals surface area contributed by atoms with E-state index in [-0.39, 0.29) is 22.1 Å². The maximum atomic E-state index is 13.0. The Labute approximate surface area is 160 Å². The summed E-state index contributed by atoms with van der Waals surface area (Å²) < 4.78 is 40.4. The van der Waals surface area contributed by atoms with Crippen molar-refractivity contribution in [3.63, 3.8) is 0 Å². The Morgan fingerprint density at radius 3 is 2.44 bits per heavy atom. The van der Waals surface area contributed by atoms with Gasteiger partial charge < -0.3 is 5.32 Å². The number of anilines is 1. The summed E-state index contributed by atoms with van der Waals surface area (Å²) in [5.74, 6) is -0.900. The van der Waals surface area contributed by atoms with Crippen molar-refractivity contribution >= 4 is 33.0 Å². The second-order valence-corrected chi connectivity index (χ2v) is 8.40. The first-order valence-electron chi connectivity index (χ1n) is 8.14. The molecule has 1 heterocycles. The van der Waals surface area contributed by atoms with Gasteiger partial charge in [0.1, 0.15) is 5.82 Å². The van der Waals surface area contributed by atoms with Gasteiger partial charge in [0.2, 0.25) is 0 Å². The molecule has 2 N–H and O–H groups in total. The molecule has 0 bridgehead atoms. The molecule has 0 aliphatic heterocycles. The van der Waals surface area contributed by atoms with Gasteiger partial charge in [0, 0.05) is 11.4 Å². The Hall–Kier alpha value is -2.71. The van der Waals surface area contributed by atoms with Gasteiger partial charge in [0.15, 0.2) is 0 Å². The third-order valence-electron chi connectivity index (χ3n) is 3.78. The quantitative estimate of drug-likeness (QED) is 0.631. The van der Waals surface area contributed by atoms with Crippen LogP contribution in [-0.4, -0.2) is 20.9 Å². The largest absolute Gasteiger partial charge is 0.352 e. The predicted molar refractivity (Wildman–Crippen MR) is 104 cm³/mol. The number of benzene rings is 2. The van der Waals surface area contributed by atoms with Crippen molar-refractivity contribution in [3.05, 3.63) is 82.3 Å². The molecule has 1 amide bonds. The topological polar surface area (TPSA) is 75.3 Å². The highest BCUT2D eigenvalue weighted by atomic mass is 32.2. The molecular formula is C19H17FN2O3S2. The minimum atomic E-state index is -3.94. The van der Waals surface area contributed by atoms with Gasteiger partial charge in [-0.25, -0.2) is 12.8 Å². The molecule has 0 spiro atoms. The first-order chi connectivity index (χ1) is 13.0. The van der Waals surface area contributed by atoms with Crippen LogP contribution >= 0.6 is 11.3 Å². The van der Waals surface area contributed by atoms with Crippen molar-refractivity contribution in [1.82, 2.24) is 5.32 Å². The number of carbonyl (C=O) groups excluding carboxylic acids is 1. The Morgan fingerprint density at radius 1 is 1.00 bits per heavy atom. The van der Waals surface area contributed by atoms with E-state index in [4.69, 9.17) is 0 Å². The van der Waals surface area contributed by atoms with Crippen LogP contribution in [0.3, 0.4) is 0 Å². The first-order valence-corrected chi connectivity index (χ1v) is 10.5. The summed E-state index contributed by atoms with van der Waals surface area (Å²) in [6.07, 6.45) is 0.701. The van der Waals surface area contributed by atoms with Crippen molar-refractivity contribution in [3.8, 4) is 0 Å². The van der Waals surface area contributed by atoms with Gasteiger partial charge in [-0.2, -0.15) is 0 Å². The van der Waals surface area contributed by atoms with E-state index in [1.165, 1.54) is 18.2 Å². The molecule has 0 atom stereocenters. The van der Waals surface area contributed by atoms with Crippen LogP contribution in [0.25, 0.3) is 0 Å². The summed E-state index contributed by atoms with van der Waals surface area (Å²) in [5, 5.41) is 4.76. The molecule has 0 saturated heterocycles. The number of rotatable bonds is 7. The van der Waals surface area contributed by atoms with Gasteiger partial charge in [-0.3, -0.25) is 9.52 Å². The van der Waals surface area contributed by atoms with Crippen molar-refractivity contribution in [1.29, 1.82) is 0 Å². The van der Waals surface area contributed by atoms with E-state index in [1.54, 1.807) is 29.5 Å². The van der Waals surface area contributed by atoms with Crippen molar-refractivity contribution in [2.45, 2.75) is 11.3 Å². The number of amides is 1. The van der Waals surface area contributed by atoms with E-state index in [9.17, 15) is 17.6 Å². The lowest BCUT2D eigenvalue weighted by molar-refractivity contribution is 0.0955. The Bertz CT molecular complexity index is 1020. The molecule has 0 aliphatic rings. The van der Waals surface area contributed by atoms with Crippen LogP contribution in [0, 0.1) is 5.82 Å². The lowest BCUT2D eigenvalue weighted by Gasteiger charge is -2.12. The van der Waals surface area contributed by atoms with Crippen LogP contribution in [0.15, 0.2) is 70.9 Å². The van der Waals surface area contributed by atoms with Gasteiger partial charge in [0.25, 0.3) is 15.9 Å². The van der Waals surface area contributed by atoms with E-state index >= 15 is 0 Å². The Kier molecular flexibility index (Phi) is 5.88. The van der Waals surface area contributed by atoms with Gasteiger partial charge >= 0.3 is 0 Å². The molecule has 5 nitrogen and oxygen atoms in total. The fraction of sp³-hybridized carbons (Fsp3) is 0.105. The summed E-state index contributed by atoms with van der Waals surface area (Å²) in [6, 6.07) is 14.7. The molecule has 2 aromatic carbocycles. The molecular weight excluding hydrogens is 387 g/mol. The molecule has 0 fully saturated rings. The number of hydrogen-bond acceptors (Lipinski definition) is 4. The smallest absolute Gasteiger partial charge is 0.261 e. The van der Waals surface area contributed by atoms with E-state index in [2.05, 4.69) is 10.0 Å². The minimum Gasteiger partial charge on any atom is -0.352 e. The second kappa shape index (κ2) is 8.32. The number of sulfonamides is 1. The molecule has 140 valence electrons. The SMILES string of the molecule is O=C(NCCc1cccs1)c1ccccc1NS(=O)(=O)c1ccc(F)cc1. The van der Waals surface area contributed by atoms with Gasteiger partial charge in [-0.15, -0.1) is 11.3 Å². The highest BCUT2D eigenvalue weighted by Crippen LogP contribution is 2.20. The molecule has 3 aromatic rings. The third-order valence-corrected chi connectivity index (χ3v) is 6.09. The van der Waals surface area contributed by atoms with Crippen LogP contribution in [0.5, 0.6) is 0 Å². The van der Waals surface area contributed by atoms with E-state index in [0.29, 0.717) is 13.0 Å². The van der Waals surface area contributed by atoms with Crippen LogP contribution in [0.1, 0.15) is 15.2 Å². The molecule has 0 radical (unpaired) electrons. The number of hydrogen-bond donors (Lipinski definition) is 2. The molecule has 3 rings (SSSR count). The fourth-order valence-corrected chi connectivity index (χ4v) is 4.23. The molecule has 8 heteroatoms. The van der Waals surface area contributed by atoms with E-state index < -0.39 is 15.8 Å². The maximum Gasteiger partial charge on any atom is 0.261 e. The monoisotopic (exact) mass is 404 g/mol. The van der Waals surface area contributed by atoms with E-state index in [0.717, 1.165) is 17.0 Å². The lowest BCUT2D eigenvalue weighted by atomic mass is 10.1. The van der Waals surface area contributed by atoms with Gasteiger partial charge in [-0.05, 0) is 54.3 Å². The number of halogens is 1. The molecule has 0 unspecified atom stereocenters. The second-order valence-electron chi connectivity index (χ2n) is 5.69. The standard InChI is InChI=1S/C19H17FN2O3S2/c20-14-7-9-16(10-8-14)27(24,25)22-18-6-2-1-5-17(18)19(23)21-12-11-15-4-3-13-26-15/h1-10,13,22H,11-12H2,(H,21,23). The van der Waals surface area contributed by atoms with Crippen LogP contribution in [-0.2, 0) is 16.4 Å².